The Bertz CT molecular complexity index is 801. The monoisotopic (exact) mass is 340 g/mol. The first-order valence-corrected chi connectivity index (χ1v) is 8.30. The van der Waals surface area contributed by atoms with Crippen LogP contribution >= 0.6 is 0 Å². The van der Waals surface area contributed by atoms with E-state index in [1.165, 1.54) is 12.1 Å². The fourth-order valence-electron chi connectivity index (χ4n) is 3.45. The van der Waals surface area contributed by atoms with Crippen molar-refractivity contribution in [1.29, 1.82) is 5.26 Å². The lowest BCUT2D eigenvalue weighted by Gasteiger charge is -2.26. The highest BCUT2D eigenvalue weighted by atomic mass is 19.1. The molecule has 0 aliphatic carbocycles. The summed E-state index contributed by atoms with van der Waals surface area (Å²) in [6.45, 7) is 1.36. The SMILES string of the molecule is COc1ccc([C@H]2CCCN2Cc2cc(C#N)ccc2F)c(OC)c1. The molecular formula is C20H21FN2O2. The van der Waals surface area contributed by atoms with Gasteiger partial charge in [0.25, 0.3) is 0 Å². The quantitative estimate of drug-likeness (QED) is 0.824. The summed E-state index contributed by atoms with van der Waals surface area (Å²) in [6.07, 6.45) is 2.03. The molecule has 0 bridgehead atoms. The van der Waals surface area contributed by atoms with Crippen LogP contribution in [0.25, 0.3) is 0 Å². The van der Waals surface area contributed by atoms with E-state index in [4.69, 9.17) is 14.7 Å². The van der Waals surface area contributed by atoms with Crippen molar-refractivity contribution in [3.8, 4) is 17.6 Å². The van der Waals surface area contributed by atoms with Crippen molar-refractivity contribution in [1.82, 2.24) is 4.90 Å². The molecule has 1 saturated heterocycles. The maximum Gasteiger partial charge on any atom is 0.127 e. The number of hydrogen-bond donors (Lipinski definition) is 0. The van der Waals surface area contributed by atoms with Gasteiger partial charge in [-0.25, -0.2) is 4.39 Å². The molecule has 0 spiro atoms. The Hall–Kier alpha value is -2.58. The predicted molar refractivity (Wildman–Crippen MR) is 93.0 cm³/mol. The molecule has 1 aliphatic heterocycles. The van der Waals surface area contributed by atoms with E-state index in [0.29, 0.717) is 17.7 Å². The molecule has 3 rings (SSSR count). The van der Waals surface area contributed by atoms with Gasteiger partial charge in [-0.05, 0) is 43.7 Å². The van der Waals surface area contributed by atoms with Gasteiger partial charge in [-0.15, -0.1) is 0 Å². The van der Waals surface area contributed by atoms with E-state index in [-0.39, 0.29) is 11.9 Å². The molecule has 25 heavy (non-hydrogen) atoms. The van der Waals surface area contributed by atoms with Crippen molar-refractivity contribution in [3.63, 3.8) is 0 Å². The zero-order chi connectivity index (χ0) is 17.8. The second-order valence-electron chi connectivity index (χ2n) is 6.15. The molecule has 2 aromatic carbocycles. The molecule has 130 valence electrons. The van der Waals surface area contributed by atoms with Crippen molar-refractivity contribution >= 4 is 0 Å². The number of hydrogen-bond acceptors (Lipinski definition) is 4. The van der Waals surface area contributed by atoms with Crippen LogP contribution in [-0.4, -0.2) is 25.7 Å². The van der Waals surface area contributed by atoms with Gasteiger partial charge in [0, 0.05) is 29.8 Å². The number of benzene rings is 2. The van der Waals surface area contributed by atoms with E-state index in [0.717, 1.165) is 36.4 Å². The summed E-state index contributed by atoms with van der Waals surface area (Å²) < 4.78 is 25.0. The third-order valence-corrected chi connectivity index (χ3v) is 4.71. The topological polar surface area (TPSA) is 45.5 Å². The molecule has 1 aliphatic rings. The minimum Gasteiger partial charge on any atom is -0.497 e. The van der Waals surface area contributed by atoms with Crippen LogP contribution in [0.15, 0.2) is 36.4 Å². The maximum atomic E-state index is 14.2. The molecule has 0 N–H and O–H groups in total. The number of methoxy groups -OCH3 is 2. The first kappa shape index (κ1) is 17.2. The van der Waals surface area contributed by atoms with Crippen LogP contribution in [0.1, 0.15) is 35.6 Å². The molecule has 0 unspecified atom stereocenters. The zero-order valence-electron chi connectivity index (χ0n) is 14.5. The van der Waals surface area contributed by atoms with Gasteiger partial charge in [0.15, 0.2) is 0 Å². The van der Waals surface area contributed by atoms with Crippen LogP contribution in [-0.2, 0) is 6.54 Å². The van der Waals surface area contributed by atoms with Gasteiger partial charge in [-0.2, -0.15) is 5.26 Å². The summed E-state index contributed by atoms with van der Waals surface area (Å²) in [7, 11) is 3.27. The fourth-order valence-corrected chi connectivity index (χ4v) is 3.45. The highest BCUT2D eigenvalue weighted by molar-refractivity contribution is 5.43. The molecule has 0 aromatic heterocycles. The average Bonchev–Trinajstić information content (AvgIpc) is 3.10. The minimum absolute atomic E-state index is 0.158. The highest BCUT2D eigenvalue weighted by Crippen LogP contribution is 2.39. The van der Waals surface area contributed by atoms with E-state index >= 15 is 0 Å². The number of nitriles is 1. The van der Waals surface area contributed by atoms with Gasteiger partial charge in [0.05, 0.1) is 25.9 Å². The summed E-state index contributed by atoms with van der Waals surface area (Å²) in [5, 5.41) is 9.05. The van der Waals surface area contributed by atoms with Crippen molar-refractivity contribution in [2.75, 3.05) is 20.8 Å². The highest BCUT2D eigenvalue weighted by Gasteiger charge is 2.29. The van der Waals surface area contributed by atoms with Crippen molar-refractivity contribution < 1.29 is 13.9 Å². The van der Waals surface area contributed by atoms with Crippen LogP contribution in [0.3, 0.4) is 0 Å². The second-order valence-corrected chi connectivity index (χ2v) is 6.15. The van der Waals surface area contributed by atoms with Gasteiger partial charge < -0.3 is 9.47 Å². The molecule has 5 heteroatoms. The first-order valence-electron chi connectivity index (χ1n) is 8.30. The predicted octanol–water partition coefficient (Wildman–Crippen LogP) is 4.05. The zero-order valence-corrected chi connectivity index (χ0v) is 14.5. The van der Waals surface area contributed by atoms with Crippen molar-refractivity contribution in [3.05, 3.63) is 58.9 Å². The van der Waals surface area contributed by atoms with Crippen LogP contribution in [0.5, 0.6) is 11.5 Å². The Morgan fingerprint density at radius 1 is 1.20 bits per heavy atom. The lowest BCUT2D eigenvalue weighted by atomic mass is 10.0. The molecule has 1 fully saturated rings. The molecule has 2 aromatic rings. The van der Waals surface area contributed by atoms with E-state index in [2.05, 4.69) is 11.0 Å². The summed E-state index contributed by atoms with van der Waals surface area (Å²) in [6, 6.07) is 12.6. The smallest absolute Gasteiger partial charge is 0.127 e. The number of halogens is 1. The summed E-state index contributed by atoms with van der Waals surface area (Å²) >= 11 is 0. The van der Waals surface area contributed by atoms with Crippen LogP contribution in [0.2, 0.25) is 0 Å². The fraction of sp³-hybridized carbons (Fsp3) is 0.350. The molecule has 1 atom stereocenters. The van der Waals surface area contributed by atoms with Gasteiger partial charge in [-0.3, -0.25) is 4.90 Å². The van der Waals surface area contributed by atoms with Crippen LogP contribution < -0.4 is 9.47 Å². The summed E-state index contributed by atoms with van der Waals surface area (Å²) in [5.74, 6) is 1.26. The molecule has 1 heterocycles. The Morgan fingerprint density at radius 3 is 2.76 bits per heavy atom. The van der Waals surface area contributed by atoms with Gasteiger partial charge >= 0.3 is 0 Å². The second kappa shape index (κ2) is 7.54. The Morgan fingerprint density at radius 2 is 2.04 bits per heavy atom. The number of likely N-dealkylation sites (tertiary alicyclic amines) is 1. The largest absolute Gasteiger partial charge is 0.497 e. The molecule has 0 amide bonds. The molecular weight excluding hydrogens is 319 g/mol. The molecule has 0 saturated carbocycles. The minimum atomic E-state index is -0.272. The van der Waals surface area contributed by atoms with Gasteiger partial charge in [0.1, 0.15) is 17.3 Å². The Kier molecular flexibility index (Phi) is 5.20. The number of ether oxygens (including phenoxy) is 2. The van der Waals surface area contributed by atoms with E-state index in [1.54, 1.807) is 20.3 Å². The van der Waals surface area contributed by atoms with E-state index in [9.17, 15) is 4.39 Å². The third kappa shape index (κ3) is 3.59. The summed E-state index contributed by atoms with van der Waals surface area (Å²) in [4.78, 5) is 2.24. The standard InChI is InChI=1S/C20H21FN2O2/c1-24-16-6-7-17(20(11-16)25-2)19-4-3-9-23(19)13-15-10-14(12-22)5-8-18(15)21/h5-8,10-11,19H,3-4,9,13H2,1-2H3/t19-/m1/s1. The third-order valence-electron chi connectivity index (χ3n) is 4.71. The average molecular weight is 340 g/mol. The molecule has 0 radical (unpaired) electrons. The van der Waals surface area contributed by atoms with Crippen molar-refractivity contribution in [2.24, 2.45) is 0 Å². The van der Waals surface area contributed by atoms with Crippen molar-refractivity contribution in [2.45, 2.75) is 25.4 Å². The van der Waals surface area contributed by atoms with Crippen LogP contribution in [0, 0.1) is 17.1 Å². The van der Waals surface area contributed by atoms with Gasteiger partial charge in [0.2, 0.25) is 0 Å². The normalized spacial score (nSPS) is 17.3. The van der Waals surface area contributed by atoms with Gasteiger partial charge in [-0.1, -0.05) is 6.07 Å². The Labute approximate surface area is 147 Å². The van der Waals surface area contributed by atoms with Crippen LogP contribution in [0.4, 0.5) is 4.39 Å². The lowest BCUT2D eigenvalue weighted by Crippen LogP contribution is -2.23. The number of rotatable bonds is 5. The Balaban J connectivity index is 1.88. The number of nitrogens with zero attached hydrogens (tertiary/aromatic N) is 2. The maximum absolute atomic E-state index is 14.2. The summed E-state index contributed by atoms with van der Waals surface area (Å²) in [5.41, 5.74) is 2.12. The molecule has 4 nitrogen and oxygen atoms in total. The van der Waals surface area contributed by atoms with E-state index in [1.807, 2.05) is 18.2 Å². The first-order chi connectivity index (χ1) is 12.2. The van der Waals surface area contributed by atoms with E-state index < -0.39 is 0 Å². The lowest BCUT2D eigenvalue weighted by molar-refractivity contribution is 0.239.